The van der Waals surface area contributed by atoms with E-state index in [1.54, 1.807) is 0 Å². The van der Waals surface area contributed by atoms with Gasteiger partial charge in [-0.25, -0.2) is 0 Å². The van der Waals surface area contributed by atoms with E-state index in [0.717, 1.165) is 23.6 Å². The molecular formula is C13H17N3O. The first-order valence-corrected chi connectivity index (χ1v) is 5.73. The van der Waals surface area contributed by atoms with Gasteiger partial charge in [0.1, 0.15) is 5.76 Å². The minimum Gasteiger partial charge on any atom is -0.361 e. The second-order valence-corrected chi connectivity index (χ2v) is 4.19. The number of rotatable bonds is 4. The molecule has 4 heteroatoms. The Bertz CT molecular complexity index is 459. The molecule has 0 radical (unpaired) electrons. The molecule has 0 spiro atoms. The highest BCUT2D eigenvalue weighted by Crippen LogP contribution is 2.15. The summed E-state index contributed by atoms with van der Waals surface area (Å²) in [5.41, 5.74) is 3.33. The number of aryl methyl sites for hydroxylation is 2. The van der Waals surface area contributed by atoms with Crippen LogP contribution in [0.2, 0.25) is 0 Å². The van der Waals surface area contributed by atoms with Crippen LogP contribution in [0.5, 0.6) is 0 Å². The van der Waals surface area contributed by atoms with Gasteiger partial charge in [-0.15, -0.1) is 0 Å². The Labute approximate surface area is 101 Å². The van der Waals surface area contributed by atoms with Crippen LogP contribution in [-0.4, -0.2) is 10.1 Å². The van der Waals surface area contributed by atoms with Gasteiger partial charge in [0.15, 0.2) is 0 Å². The lowest BCUT2D eigenvalue weighted by atomic mass is 10.1. The molecule has 0 aliphatic carbocycles. The summed E-state index contributed by atoms with van der Waals surface area (Å²) in [6.07, 6.45) is 3.62. The Morgan fingerprint density at radius 3 is 2.59 bits per heavy atom. The van der Waals surface area contributed by atoms with Crippen molar-refractivity contribution in [3.63, 3.8) is 0 Å². The fraction of sp³-hybridized carbons (Fsp3) is 0.385. The Morgan fingerprint density at radius 1 is 1.29 bits per heavy atom. The van der Waals surface area contributed by atoms with Gasteiger partial charge in [0.05, 0.1) is 5.69 Å². The Kier molecular flexibility index (Phi) is 3.54. The van der Waals surface area contributed by atoms with Gasteiger partial charge in [0, 0.05) is 30.5 Å². The van der Waals surface area contributed by atoms with Crippen molar-refractivity contribution in [3.8, 4) is 0 Å². The maximum absolute atomic E-state index is 5.13. The van der Waals surface area contributed by atoms with Crippen LogP contribution in [0.25, 0.3) is 0 Å². The van der Waals surface area contributed by atoms with Crippen LogP contribution in [0.15, 0.2) is 29.0 Å². The summed E-state index contributed by atoms with van der Waals surface area (Å²) in [4.78, 5) is 4.01. The molecule has 2 heterocycles. The van der Waals surface area contributed by atoms with E-state index < -0.39 is 0 Å². The summed E-state index contributed by atoms with van der Waals surface area (Å²) in [5, 5.41) is 7.40. The van der Waals surface area contributed by atoms with E-state index in [1.165, 1.54) is 5.56 Å². The molecule has 0 saturated carbocycles. The maximum Gasteiger partial charge on any atom is 0.138 e. The molecule has 2 aromatic rings. The maximum atomic E-state index is 5.13. The van der Waals surface area contributed by atoms with Gasteiger partial charge in [-0.3, -0.25) is 4.98 Å². The first-order valence-electron chi connectivity index (χ1n) is 5.73. The molecule has 4 nitrogen and oxygen atoms in total. The number of aromatic nitrogens is 2. The van der Waals surface area contributed by atoms with E-state index in [4.69, 9.17) is 4.52 Å². The zero-order chi connectivity index (χ0) is 12.3. The molecule has 0 saturated heterocycles. The fourth-order valence-corrected chi connectivity index (χ4v) is 1.78. The molecule has 0 unspecified atom stereocenters. The van der Waals surface area contributed by atoms with Crippen LogP contribution in [0.4, 0.5) is 0 Å². The molecule has 0 aliphatic rings. The van der Waals surface area contributed by atoms with Gasteiger partial charge < -0.3 is 9.84 Å². The second-order valence-electron chi connectivity index (χ2n) is 4.19. The molecule has 0 aromatic carbocycles. The number of hydrogen-bond donors (Lipinski definition) is 1. The van der Waals surface area contributed by atoms with Gasteiger partial charge in [0.25, 0.3) is 0 Å². The zero-order valence-corrected chi connectivity index (χ0v) is 10.4. The highest BCUT2D eigenvalue weighted by Gasteiger charge is 2.10. The van der Waals surface area contributed by atoms with Crippen molar-refractivity contribution in [1.82, 2.24) is 15.5 Å². The highest BCUT2D eigenvalue weighted by molar-refractivity contribution is 5.21. The lowest BCUT2D eigenvalue weighted by Crippen LogP contribution is -2.18. The van der Waals surface area contributed by atoms with E-state index in [0.29, 0.717) is 0 Å². The topological polar surface area (TPSA) is 51.0 Å². The van der Waals surface area contributed by atoms with Crippen LogP contribution in [0.1, 0.15) is 35.5 Å². The van der Waals surface area contributed by atoms with E-state index >= 15 is 0 Å². The predicted molar refractivity (Wildman–Crippen MR) is 65.5 cm³/mol. The molecular weight excluding hydrogens is 214 g/mol. The second kappa shape index (κ2) is 5.10. The van der Waals surface area contributed by atoms with Crippen LogP contribution >= 0.6 is 0 Å². The number of pyridine rings is 1. The molecule has 0 bridgehead atoms. The third-order valence-corrected chi connectivity index (χ3v) is 2.97. The van der Waals surface area contributed by atoms with Gasteiger partial charge >= 0.3 is 0 Å². The van der Waals surface area contributed by atoms with Crippen molar-refractivity contribution in [3.05, 3.63) is 47.1 Å². The standard InChI is InChI=1S/C13H17N3O/c1-9(12-4-6-14-7-5-12)15-8-13-10(2)16-17-11(13)3/h4-7,9,15H,8H2,1-3H3/t9-/m1/s1. The van der Waals surface area contributed by atoms with Gasteiger partial charge in [-0.1, -0.05) is 5.16 Å². The Balaban J connectivity index is 1.99. The average molecular weight is 231 g/mol. The number of hydrogen-bond acceptors (Lipinski definition) is 4. The first kappa shape index (κ1) is 11.8. The lowest BCUT2D eigenvalue weighted by molar-refractivity contribution is 0.391. The summed E-state index contributed by atoms with van der Waals surface area (Å²) in [6.45, 7) is 6.80. The molecule has 2 rings (SSSR count). The molecule has 0 amide bonds. The van der Waals surface area contributed by atoms with Crippen LogP contribution in [-0.2, 0) is 6.54 Å². The SMILES string of the molecule is Cc1noc(C)c1CN[C@H](C)c1ccncc1. The minimum absolute atomic E-state index is 0.284. The largest absolute Gasteiger partial charge is 0.361 e. The van der Waals surface area contributed by atoms with Crippen LogP contribution < -0.4 is 5.32 Å². The third kappa shape index (κ3) is 2.71. The van der Waals surface area contributed by atoms with Crippen molar-refractivity contribution in [1.29, 1.82) is 0 Å². The molecule has 2 aromatic heterocycles. The van der Waals surface area contributed by atoms with Gasteiger partial charge in [0.2, 0.25) is 0 Å². The summed E-state index contributed by atoms with van der Waals surface area (Å²) in [7, 11) is 0. The average Bonchev–Trinajstić information content (AvgIpc) is 2.67. The lowest BCUT2D eigenvalue weighted by Gasteiger charge is -2.13. The summed E-state index contributed by atoms with van der Waals surface area (Å²) in [6, 6.07) is 4.32. The molecule has 17 heavy (non-hydrogen) atoms. The third-order valence-electron chi connectivity index (χ3n) is 2.97. The summed E-state index contributed by atoms with van der Waals surface area (Å²) < 4.78 is 5.13. The normalized spacial score (nSPS) is 12.6. The Hall–Kier alpha value is -1.68. The Morgan fingerprint density at radius 2 is 2.00 bits per heavy atom. The van der Waals surface area contributed by atoms with Crippen molar-refractivity contribution >= 4 is 0 Å². The fourth-order valence-electron chi connectivity index (χ4n) is 1.78. The van der Waals surface area contributed by atoms with Crippen molar-refractivity contribution in [2.24, 2.45) is 0 Å². The smallest absolute Gasteiger partial charge is 0.138 e. The molecule has 90 valence electrons. The summed E-state index contributed by atoms with van der Waals surface area (Å²) in [5.74, 6) is 0.886. The minimum atomic E-state index is 0.284. The zero-order valence-electron chi connectivity index (χ0n) is 10.4. The predicted octanol–water partition coefficient (Wildman–Crippen LogP) is 2.54. The van der Waals surface area contributed by atoms with E-state index in [9.17, 15) is 0 Å². The van der Waals surface area contributed by atoms with Gasteiger partial charge in [-0.2, -0.15) is 0 Å². The molecule has 1 atom stereocenters. The number of nitrogens with zero attached hydrogens (tertiary/aromatic N) is 2. The molecule has 1 N–H and O–H groups in total. The van der Waals surface area contributed by atoms with Crippen molar-refractivity contribution in [2.45, 2.75) is 33.4 Å². The quantitative estimate of drug-likeness (QED) is 0.878. The molecule has 0 aliphatic heterocycles. The number of nitrogens with one attached hydrogen (secondary N) is 1. The van der Waals surface area contributed by atoms with Crippen LogP contribution in [0.3, 0.4) is 0 Å². The molecule has 0 fully saturated rings. The van der Waals surface area contributed by atoms with E-state index in [-0.39, 0.29) is 6.04 Å². The van der Waals surface area contributed by atoms with E-state index in [1.807, 2.05) is 38.4 Å². The van der Waals surface area contributed by atoms with Crippen molar-refractivity contribution in [2.75, 3.05) is 0 Å². The van der Waals surface area contributed by atoms with E-state index in [2.05, 4.69) is 22.4 Å². The summed E-state index contributed by atoms with van der Waals surface area (Å²) >= 11 is 0. The highest BCUT2D eigenvalue weighted by atomic mass is 16.5. The van der Waals surface area contributed by atoms with Crippen LogP contribution in [0, 0.1) is 13.8 Å². The van der Waals surface area contributed by atoms with Crippen molar-refractivity contribution < 1.29 is 4.52 Å². The first-order chi connectivity index (χ1) is 8.18. The van der Waals surface area contributed by atoms with Gasteiger partial charge in [-0.05, 0) is 38.5 Å². The monoisotopic (exact) mass is 231 g/mol.